The number of aromatic nitrogens is 4. The van der Waals surface area contributed by atoms with Gasteiger partial charge in [0.1, 0.15) is 11.3 Å². The Morgan fingerprint density at radius 1 is 1.28 bits per heavy atom. The molecule has 9 nitrogen and oxygen atoms in total. The number of nitrogen functional groups attached to an aromatic ring is 1. The van der Waals surface area contributed by atoms with E-state index in [2.05, 4.69) is 34.1 Å². The van der Waals surface area contributed by atoms with Crippen LogP contribution in [0.2, 0.25) is 0 Å². The molecule has 0 aliphatic heterocycles. The Morgan fingerprint density at radius 3 is 2.72 bits per heavy atom. The fourth-order valence-electron chi connectivity index (χ4n) is 2.67. The van der Waals surface area contributed by atoms with Crippen molar-refractivity contribution < 1.29 is 9.84 Å². The molecule has 2 heterocycles. The first-order valence-electron chi connectivity index (χ1n) is 9.77. The number of ether oxygens (including phenoxy) is 1. The molecule has 9 heteroatoms. The van der Waals surface area contributed by atoms with Gasteiger partial charge in [-0.3, -0.25) is 4.57 Å². The Bertz CT molecular complexity index is 966. The third-order valence-electron chi connectivity index (χ3n) is 3.99. The van der Waals surface area contributed by atoms with E-state index in [-0.39, 0.29) is 18.1 Å². The van der Waals surface area contributed by atoms with Crippen LogP contribution in [0.4, 0.5) is 11.8 Å². The van der Waals surface area contributed by atoms with Crippen molar-refractivity contribution in [2.75, 3.05) is 31.3 Å². The number of H-pyrrole nitrogens is 1. The van der Waals surface area contributed by atoms with Crippen molar-refractivity contribution in [3.63, 3.8) is 0 Å². The minimum Gasteiger partial charge on any atom is -0.497 e. The van der Waals surface area contributed by atoms with Gasteiger partial charge in [-0.15, -0.1) is 0 Å². The molecule has 0 spiro atoms. The second-order valence-electron chi connectivity index (χ2n) is 6.56. The highest BCUT2D eigenvalue weighted by atomic mass is 16.5. The van der Waals surface area contributed by atoms with E-state index in [0.717, 1.165) is 17.7 Å². The second kappa shape index (κ2) is 11.1. The van der Waals surface area contributed by atoms with Crippen LogP contribution in [0.1, 0.15) is 38.7 Å². The van der Waals surface area contributed by atoms with Gasteiger partial charge >= 0.3 is 5.69 Å². The van der Waals surface area contributed by atoms with E-state index in [1.165, 1.54) is 11.0 Å². The number of methoxy groups -OCH3 is 1. The minimum atomic E-state index is -0.304. The van der Waals surface area contributed by atoms with Gasteiger partial charge in [0.2, 0.25) is 5.95 Å². The van der Waals surface area contributed by atoms with Crippen molar-refractivity contribution in [3.8, 4) is 5.75 Å². The lowest BCUT2D eigenvalue weighted by Crippen LogP contribution is -2.18. The lowest BCUT2D eigenvalue weighted by molar-refractivity contribution is 0.286. The summed E-state index contributed by atoms with van der Waals surface area (Å²) >= 11 is 0. The normalized spacial score (nSPS) is 10.5. The van der Waals surface area contributed by atoms with Gasteiger partial charge in [-0.2, -0.15) is 9.97 Å². The Morgan fingerprint density at radius 2 is 2.03 bits per heavy atom. The van der Waals surface area contributed by atoms with Gasteiger partial charge in [-0.25, -0.2) is 4.79 Å². The van der Waals surface area contributed by atoms with Gasteiger partial charge in [-0.1, -0.05) is 32.4 Å². The number of anilines is 2. The lowest BCUT2D eigenvalue weighted by Gasteiger charge is -2.08. The first-order chi connectivity index (χ1) is 14.0. The van der Waals surface area contributed by atoms with E-state index < -0.39 is 0 Å². The second-order valence-corrected chi connectivity index (χ2v) is 6.56. The van der Waals surface area contributed by atoms with Crippen molar-refractivity contribution in [1.29, 1.82) is 0 Å². The number of aliphatic hydroxyl groups excluding tert-OH is 1. The molecule has 5 N–H and O–H groups in total. The fourth-order valence-corrected chi connectivity index (χ4v) is 2.67. The van der Waals surface area contributed by atoms with E-state index >= 15 is 0 Å². The molecule has 0 aliphatic rings. The number of aromatic amines is 1. The average Bonchev–Trinajstić information content (AvgIpc) is 3.02. The molecule has 158 valence electrons. The maximum absolute atomic E-state index is 12.4. The van der Waals surface area contributed by atoms with E-state index in [4.69, 9.17) is 15.6 Å². The molecule has 2 aromatic heterocycles. The third kappa shape index (κ3) is 5.95. The summed E-state index contributed by atoms with van der Waals surface area (Å²) in [7, 11) is 1.60. The monoisotopic (exact) mass is 402 g/mol. The quantitative estimate of drug-likeness (QED) is 0.425. The summed E-state index contributed by atoms with van der Waals surface area (Å²) in [6.07, 6.45) is 2.72. The summed E-state index contributed by atoms with van der Waals surface area (Å²) in [5.74, 6) is 1.28. The predicted octanol–water partition coefficient (Wildman–Crippen LogP) is 2.36. The number of fused-ring (bicyclic) bond motifs is 1. The van der Waals surface area contributed by atoms with Crippen molar-refractivity contribution in [1.82, 2.24) is 19.5 Å². The van der Waals surface area contributed by atoms with E-state index in [0.29, 0.717) is 36.6 Å². The van der Waals surface area contributed by atoms with E-state index in [1.54, 1.807) is 7.11 Å². The highest BCUT2D eigenvalue weighted by Crippen LogP contribution is 2.19. The number of nitrogens with one attached hydrogen (secondary N) is 2. The molecule has 0 bridgehead atoms. The lowest BCUT2D eigenvalue weighted by atomic mass is 10.2. The molecule has 0 fully saturated rings. The SMILES string of the molecule is CCC.COc1cccc(Cn2c(=O)[nH]c3c(N)nc(NCCCCO)nc32)c1. The summed E-state index contributed by atoms with van der Waals surface area (Å²) in [5.41, 5.74) is 7.43. The maximum atomic E-state index is 12.4. The minimum absolute atomic E-state index is 0.140. The number of rotatable bonds is 8. The number of nitrogens with two attached hydrogens (primary N) is 1. The summed E-state index contributed by atoms with van der Waals surface area (Å²) in [4.78, 5) is 23.7. The van der Waals surface area contributed by atoms with E-state index in [9.17, 15) is 4.79 Å². The molecular formula is C20H30N6O3. The van der Waals surface area contributed by atoms with Crippen LogP contribution >= 0.6 is 0 Å². The summed E-state index contributed by atoms with van der Waals surface area (Å²) in [6.45, 7) is 5.33. The van der Waals surface area contributed by atoms with Crippen molar-refractivity contribution in [3.05, 3.63) is 40.3 Å². The largest absolute Gasteiger partial charge is 0.497 e. The first kappa shape index (κ1) is 22.2. The molecular weight excluding hydrogens is 372 g/mol. The number of imidazole rings is 1. The van der Waals surface area contributed by atoms with Crippen LogP contribution in [0.25, 0.3) is 11.2 Å². The molecule has 1 aromatic carbocycles. The molecule has 29 heavy (non-hydrogen) atoms. The molecule has 0 amide bonds. The van der Waals surface area contributed by atoms with Gasteiger partial charge < -0.3 is 25.9 Å². The van der Waals surface area contributed by atoms with Crippen LogP contribution in [0, 0.1) is 0 Å². The summed E-state index contributed by atoms with van der Waals surface area (Å²) < 4.78 is 6.74. The Kier molecular flexibility index (Phi) is 8.47. The summed E-state index contributed by atoms with van der Waals surface area (Å²) in [6, 6.07) is 7.48. The summed E-state index contributed by atoms with van der Waals surface area (Å²) in [5, 5.41) is 11.9. The molecule has 0 saturated carbocycles. The van der Waals surface area contributed by atoms with Crippen LogP contribution in [0.5, 0.6) is 5.75 Å². The molecule has 0 aliphatic carbocycles. The molecule has 0 radical (unpaired) electrons. The first-order valence-corrected chi connectivity index (χ1v) is 9.77. The standard InChI is InChI=1S/C17H22N6O3.C3H8/c1-26-12-6-4-5-11(9-12)10-23-15-13(20-17(23)25)14(18)21-16(22-15)19-7-2-3-8-24;1-3-2/h4-6,9,24H,2-3,7-8,10H2,1H3,(H,20,25)(H3,18,19,21,22);3H2,1-2H3. The molecule has 3 aromatic rings. The van der Waals surface area contributed by atoms with Gasteiger partial charge in [0, 0.05) is 13.2 Å². The highest BCUT2D eigenvalue weighted by molar-refractivity contribution is 5.82. The van der Waals surface area contributed by atoms with Crippen LogP contribution < -0.4 is 21.5 Å². The van der Waals surface area contributed by atoms with Crippen LogP contribution in [0.3, 0.4) is 0 Å². The van der Waals surface area contributed by atoms with Gasteiger partial charge in [0.15, 0.2) is 11.5 Å². The number of aliphatic hydroxyl groups is 1. The van der Waals surface area contributed by atoms with Crippen LogP contribution in [-0.4, -0.2) is 44.9 Å². The number of nitrogens with zero attached hydrogens (tertiary/aromatic N) is 3. The smallest absolute Gasteiger partial charge is 0.328 e. The van der Waals surface area contributed by atoms with Crippen LogP contribution in [0.15, 0.2) is 29.1 Å². The average molecular weight is 402 g/mol. The zero-order valence-corrected chi connectivity index (χ0v) is 17.2. The number of unbranched alkanes of at least 4 members (excludes halogenated alkanes) is 1. The predicted molar refractivity (Wildman–Crippen MR) is 115 cm³/mol. The molecule has 0 unspecified atom stereocenters. The zero-order valence-electron chi connectivity index (χ0n) is 17.2. The van der Waals surface area contributed by atoms with E-state index in [1.807, 2.05) is 24.3 Å². The highest BCUT2D eigenvalue weighted by Gasteiger charge is 2.14. The number of hydrogen-bond acceptors (Lipinski definition) is 7. The van der Waals surface area contributed by atoms with Gasteiger partial charge in [-0.05, 0) is 30.5 Å². The zero-order chi connectivity index (χ0) is 21.2. The topological polar surface area (TPSA) is 131 Å². The number of hydrogen-bond donors (Lipinski definition) is 4. The van der Waals surface area contributed by atoms with Gasteiger partial charge in [0.05, 0.1) is 13.7 Å². The number of benzene rings is 1. The third-order valence-corrected chi connectivity index (χ3v) is 3.99. The van der Waals surface area contributed by atoms with Crippen molar-refractivity contribution in [2.24, 2.45) is 0 Å². The van der Waals surface area contributed by atoms with Gasteiger partial charge in [0.25, 0.3) is 0 Å². The molecule has 0 atom stereocenters. The molecule has 0 saturated heterocycles. The Hall–Kier alpha value is -3.07. The maximum Gasteiger partial charge on any atom is 0.328 e. The molecule has 3 rings (SSSR count). The fraction of sp³-hybridized carbons (Fsp3) is 0.450. The van der Waals surface area contributed by atoms with Crippen LogP contribution in [-0.2, 0) is 6.54 Å². The Labute approximate surface area is 169 Å². The van der Waals surface area contributed by atoms with Crippen molar-refractivity contribution in [2.45, 2.75) is 39.7 Å². The van der Waals surface area contributed by atoms with Crippen molar-refractivity contribution >= 4 is 22.9 Å². The Balaban J connectivity index is 0.000000941.